The van der Waals surface area contributed by atoms with Gasteiger partial charge in [-0.3, -0.25) is 4.79 Å². The normalized spacial score (nSPS) is 18.5. The van der Waals surface area contributed by atoms with Gasteiger partial charge in [-0.2, -0.15) is 11.8 Å². The number of nitrogens with zero attached hydrogens (tertiary/aromatic N) is 2. The molecule has 1 amide bonds. The number of hydrogen-bond donors (Lipinski definition) is 0. The largest absolute Gasteiger partial charge is 0.338 e. The van der Waals surface area contributed by atoms with Gasteiger partial charge < -0.3 is 9.30 Å². The lowest BCUT2D eigenvalue weighted by molar-refractivity contribution is 0.0766. The SMILES string of the molecule is O=C(c1cc2ccccn2c1)N1CCS[C@H](c2ccccc2)CC1. The second-order valence-corrected chi connectivity index (χ2v) is 7.42. The Bertz CT molecular complexity index is 810. The van der Waals surface area contributed by atoms with Crippen molar-refractivity contribution in [2.45, 2.75) is 11.7 Å². The zero-order chi connectivity index (χ0) is 16.4. The maximum absolute atomic E-state index is 12.9. The number of amides is 1. The molecule has 1 fully saturated rings. The number of carbonyl (C=O) groups excluding carboxylic acids is 1. The molecule has 0 N–H and O–H groups in total. The van der Waals surface area contributed by atoms with Crippen LogP contribution in [0.3, 0.4) is 0 Å². The lowest BCUT2D eigenvalue weighted by Gasteiger charge is -2.19. The fourth-order valence-electron chi connectivity index (χ4n) is 3.26. The summed E-state index contributed by atoms with van der Waals surface area (Å²) in [7, 11) is 0. The van der Waals surface area contributed by atoms with Crippen LogP contribution >= 0.6 is 11.8 Å². The minimum atomic E-state index is 0.146. The van der Waals surface area contributed by atoms with Crippen molar-refractivity contribution in [3.8, 4) is 0 Å². The first-order valence-corrected chi connectivity index (χ1v) is 9.39. The summed E-state index contributed by atoms with van der Waals surface area (Å²) in [4.78, 5) is 14.9. The van der Waals surface area contributed by atoms with E-state index in [1.165, 1.54) is 5.56 Å². The van der Waals surface area contributed by atoms with Gasteiger partial charge in [0.25, 0.3) is 5.91 Å². The van der Waals surface area contributed by atoms with Gasteiger partial charge in [0, 0.05) is 42.0 Å². The number of pyridine rings is 1. The van der Waals surface area contributed by atoms with Gasteiger partial charge in [0.15, 0.2) is 0 Å². The first kappa shape index (κ1) is 15.3. The van der Waals surface area contributed by atoms with Gasteiger partial charge in [0.05, 0.1) is 5.56 Å². The summed E-state index contributed by atoms with van der Waals surface area (Å²) in [5, 5.41) is 0.483. The molecule has 4 heteroatoms. The second kappa shape index (κ2) is 6.73. The molecule has 3 aromatic rings. The summed E-state index contributed by atoms with van der Waals surface area (Å²) >= 11 is 1.96. The van der Waals surface area contributed by atoms with Crippen LogP contribution in [0.25, 0.3) is 5.52 Å². The highest BCUT2D eigenvalue weighted by atomic mass is 32.2. The third kappa shape index (κ3) is 3.06. The van der Waals surface area contributed by atoms with E-state index in [4.69, 9.17) is 0 Å². The van der Waals surface area contributed by atoms with Crippen molar-refractivity contribution in [3.63, 3.8) is 0 Å². The Labute approximate surface area is 146 Å². The molecule has 24 heavy (non-hydrogen) atoms. The van der Waals surface area contributed by atoms with Crippen molar-refractivity contribution < 1.29 is 4.79 Å². The predicted molar refractivity (Wildman–Crippen MR) is 99.6 cm³/mol. The molecule has 1 saturated heterocycles. The van der Waals surface area contributed by atoms with E-state index in [9.17, 15) is 4.79 Å². The lowest BCUT2D eigenvalue weighted by Crippen LogP contribution is -2.32. The van der Waals surface area contributed by atoms with E-state index in [1.54, 1.807) is 0 Å². The molecule has 0 saturated carbocycles. The molecule has 0 aliphatic carbocycles. The molecule has 0 unspecified atom stereocenters. The van der Waals surface area contributed by atoms with Crippen LogP contribution in [0.4, 0.5) is 0 Å². The van der Waals surface area contributed by atoms with Crippen molar-refractivity contribution in [2.24, 2.45) is 0 Å². The molecule has 0 bridgehead atoms. The molecule has 122 valence electrons. The van der Waals surface area contributed by atoms with Gasteiger partial charge in [-0.25, -0.2) is 0 Å². The highest BCUT2D eigenvalue weighted by molar-refractivity contribution is 7.99. The van der Waals surface area contributed by atoms with Crippen LogP contribution in [-0.2, 0) is 0 Å². The Hall–Kier alpha value is -2.20. The predicted octanol–water partition coefficient (Wildman–Crippen LogP) is 4.26. The molecule has 0 radical (unpaired) electrons. The molecule has 3 heterocycles. The first-order valence-electron chi connectivity index (χ1n) is 8.34. The van der Waals surface area contributed by atoms with E-state index in [0.29, 0.717) is 5.25 Å². The lowest BCUT2D eigenvalue weighted by atomic mass is 10.1. The fraction of sp³-hybridized carbons (Fsp3) is 0.250. The second-order valence-electron chi connectivity index (χ2n) is 6.11. The van der Waals surface area contributed by atoms with Crippen LogP contribution in [0.2, 0.25) is 0 Å². The first-order chi connectivity index (χ1) is 11.8. The molecule has 1 aromatic carbocycles. The standard InChI is InChI=1S/C20H20N2OS/c23-20(17-14-18-8-4-5-10-22(18)15-17)21-11-9-19(24-13-12-21)16-6-2-1-3-7-16/h1-8,10,14-15,19H,9,11-13H2/t19-/m0/s1. The van der Waals surface area contributed by atoms with Crippen LogP contribution in [0, 0.1) is 0 Å². The molecule has 4 rings (SSSR count). The van der Waals surface area contributed by atoms with Gasteiger partial charge in [0.2, 0.25) is 0 Å². The number of rotatable bonds is 2. The Kier molecular flexibility index (Phi) is 4.30. The molecular formula is C20H20N2OS. The summed E-state index contributed by atoms with van der Waals surface area (Å²) in [5.74, 6) is 1.13. The van der Waals surface area contributed by atoms with Crippen molar-refractivity contribution in [1.29, 1.82) is 0 Å². The Morgan fingerprint density at radius 2 is 1.88 bits per heavy atom. The molecule has 2 aromatic heterocycles. The topological polar surface area (TPSA) is 24.7 Å². The van der Waals surface area contributed by atoms with Gasteiger partial charge >= 0.3 is 0 Å². The van der Waals surface area contributed by atoms with E-state index in [2.05, 4.69) is 30.3 Å². The van der Waals surface area contributed by atoms with E-state index < -0.39 is 0 Å². The van der Waals surface area contributed by atoms with Crippen LogP contribution in [0.1, 0.15) is 27.6 Å². The van der Waals surface area contributed by atoms with Crippen molar-refractivity contribution in [1.82, 2.24) is 9.30 Å². The van der Waals surface area contributed by atoms with E-state index in [1.807, 2.05) is 57.7 Å². The minimum Gasteiger partial charge on any atom is -0.338 e. The quantitative estimate of drug-likeness (QED) is 0.698. The summed E-state index contributed by atoms with van der Waals surface area (Å²) < 4.78 is 2.01. The van der Waals surface area contributed by atoms with Crippen molar-refractivity contribution >= 4 is 23.2 Å². The van der Waals surface area contributed by atoms with E-state index in [-0.39, 0.29) is 5.91 Å². The third-order valence-electron chi connectivity index (χ3n) is 4.55. The van der Waals surface area contributed by atoms with Crippen LogP contribution < -0.4 is 0 Å². The fourth-order valence-corrected chi connectivity index (χ4v) is 4.49. The number of carbonyl (C=O) groups is 1. The molecule has 3 nitrogen and oxygen atoms in total. The maximum atomic E-state index is 12.9. The molecular weight excluding hydrogens is 316 g/mol. The summed E-state index contributed by atoms with van der Waals surface area (Å²) in [5.41, 5.74) is 3.21. The van der Waals surface area contributed by atoms with Crippen molar-refractivity contribution in [3.05, 3.63) is 78.1 Å². The molecule has 1 atom stereocenters. The smallest absolute Gasteiger partial charge is 0.255 e. The zero-order valence-corrected chi connectivity index (χ0v) is 14.3. The summed E-state index contributed by atoms with van der Waals surface area (Å²) in [6, 6.07) is 18.6. The Morgan fingerprint density at radius 1 is 1.04 bits per heavy atom. The third-order valence-corrected chi connectivity index (χ3v) is 5.88. The number of aromatic nitrogens is 1. The van der Waals surface area contributed by atoms with E-state index in [0.717, 1.165) is 36.3 Å². The van der Waals surface area contributed by atoms with Crippen LogP contribution in [0.5, 0.6) is 0 Å². The Balaban J connectivity index is 1.49. The average molecular weight is 336 g/mol. The van der Waals surface area contributed by atoms with Gasteiger partial charge in [0.1, 0.15) is 0 Å². The summed E-state index contributed by atoms with van der Waals surface area (Å²) in [6.45, 7) is 1.64. The van der Waals surface area contributed by atoms with Crippen LogP contribution in [0.15, 0.2) is 67.0 Å². The highest BCUT2D eigenvalue weighted by Gasteiger charge is 2.23. The Morgan fingerprint density at radius 3 is 2.71 bits per heavy atom. The summed E-state index contributed by atoms with van der Waals surface area (Å²) in [6.07, 6.45) is 4.92. The van der Waals surface area contributed by atoms with Gasteiger partial charge in [-0.05, 0) is 30.2 Å². The number of benzene rings is 1. The number of thioether (sulfide) groups is 1. The molecule has 1 aliphatic heterocycles. The average Bonchev–Trinajstić information content (AvgIpc) is 2.91. The zero-order valence-electron chi connectivity index (χ0n) is 13.5. The van der Waals surface area contributed by atoms with Crippen LogP contribution in [-0.4, -0.2) is 34.1 Å². The van der Waals surface area contributed by atoms with Crippen molar-refractivity contribution in [2.75, 3.05) is 18.8 Å². The highest BCUT2D eigenvalue weighted by Crippen LogP contribution is 2.34. The maximum Gasteiger partial charge on any atom is 0.255 e. The van der Waals surface area contributed by atoms with E-state index >= 15 is 0 Å². The van der Waals surface area contributed by atoms with Gasteiger partial charge in [-0.15, -0.1) is 0 Å². The van der Waals surface area contributed by atoms with Gasteiger partial charge in [-0.1, -0.05) is 36.4 Å². The minimum absolute atomic E-state index is 0.146. The monoisotopic (exact) mass is 336 g/mol. The number of fused-ring (bicyclic) bond motifs is 1. The molecule has 1 aliphatic rings. The number of hydrogen-bond acceptors (Lipinski definition) is 2. The molecule has 0 spiro atoms.